The third-order valence-electron chi connectivity index (χ3n) is 4.69. The van der Waals surface area contributed by atoms with Gasteiger partial charge in [-0.15, -0.1) is 0 Å². The number of hydrogen-bond donors (Lipinski definition) is 2. The van der Waals surface area contributed by atoms with E-state index >= 15 is 0 Å². The van der Waals surface area contributed by atoms with Gasteiger partial charge in [0.2, 0.25) is 5.91 Å². The fraction of sp³-hybridized carbons (Fsp3) is 0.318. The van der Waals surface area contributed by atoms with Crippen LogP contribution in [0.15, 0.2) is 42.5 Å². The van der Waals surface area contributed by atoms with Gasteiger partial charge in [-0.2, -0.15) is 0 Å². The summed E-state index contributed by atoms with van der Waals surface area (Å²) in [5.41, 5.74) is 1.90. The molecule has 2 aromatic rings. The number of aryl methyl sites for hydroxylation is 1. The number of carboxylic acid groups (broad SMARTS) is 1. The molecule has 0 unspecified atom stereocenters. The maximum absolute atomic E-state index is 12.8. The van der Waals surface area contributed by atoms with Crippen molar-refractivity contribution in [1.82, 2.24) is 0 Å². The third-order valence-corrected chi connectivity index (χ3v) is 4.69. The molecule has 1 heterocycles. The first-order chi connectivity index (χ1) is 13.7. The van der Waals surface area contributed by atoms with Gasteiger partial charge in [-0.3, -0.25) is 14.4 Å². The van der Waals surface area contributed by atoms with Crippen molar-refractivity contribution in [2.24, 2.45) is 0 Å². The molecule has 152 valence electrons. The van der Waals surface area contributed by atoms with Crippen molar-refractivity contribution < 1.29 is 24.2 Å². The molecule has 7 nitrogen and oxygen atoms in total. The van der Waals surface area contributed by atoms with Gasteiger partial charge in [0, 0.05) is 18.7 Å². The smallest absolute Gasteiger partial charge is 0.307 e. The number of amides is 2. The van der Waals surface area contributed by atoms with Crippen LogP contribution in [-0.4, -0.2) is 35.0 Å². The lowest BCUT2D eigenvalue weighted by Gasteiger charge is -2.38. The molecule has 0 aromatic heterocycles. The highest BCUT2D eigenvalue weighted by Crippen LogP contribution is 2.38. The van der Waals surface area contributed by atoms with E-state index in [9.17, 15) is 14.4 Å². The topological polar surface area (TPSA) is 95.9 Å². The molecule has 0 saturated carbocycles. The zero-order chi connectivity index (χ0) is 21.2. The Kier molecular flexibility index (Phi) is 5.59. The average Bonchev–Trinajstić information content (AvgIpc) is 2.64. The molecule has 0 radical (unpaired) electrons. The third kappa shape index (κ3) is 4.74. The van der Waals surface area contributed by atoms with E-state index in [0.29, 0.717) is 22.7 Å². The van der Waals surface area contributed by atoms with Crippen LogP contribution in [-0.2, 0) is 20.8 Å². The molecule has 0 spiro atoms. The number of hydrogen-bond acceptors (Lipinski definition) is 4. The SMILES string of the molecule is Cc1ccc2c(c1)N(CCC(=O)Nc1ccc(CC(=O)O)cc1)C(=O)C(C)(C)O2. The van der Waals surface area contributed by atoms with Gasteiger partial charge in [-0.05, 0) is 56.2 Å². The number of rotatable bonds is 6. The molecule has 0 aliphatic carbocycles. The van der Waals surface area contributed by atoms with Crippen LogP contribution >= 0.6 is 0 Å². The van der Waals surface area contributed by atoms with Gasteiger partial charge < -0.3 is 20.1 Å². The zero-order valence-electron chi connectivity index (χ0n) is 16.7. The fourth-order valence-electron chi connectivity index (χ4n) is 3.22. The summed E-state index contributed by atoms with van der Waals surface area (Å²) < 4.78 is 5.82. The number of anilines is 2. The molecular formula is C22H24N2O5. The Labute approximate surface area is 169 Å². The van der Waals surface area contributed by atoms with E-state index in [4.69, 9.17) is 9.84 Å². The summed E-state index contributed by atoms with van der Waals surface area (Å²) in [7, 11) is 0. The number of carboxylic acids is 1. The lowest BCUT2D eigenvalue weighted by Crippen LogP contribution is -2.53. The standard InChI is InChI=1S/C22H24N2O5/c1-14-4-9-18-17(12-14)24(21(28)22(2,3)29-18)11-10-19(25)23-16-7-5-15(6-8-16)13-20(26)27/h4-9,12H,10-11,13H2,1-3H3,(H,23,25)(H,26,27). The second-order valence-corrected chi connectivity index (χ2v) is 7.61. The fourth-order valence-corrected chi connectivity index (χ4v) is 3.22. The van der Waals surface area contributed by atoms with Gasteiger partial charge in [0.15, 0.2) is 5.60 Å². The molecular weight excluding hydrogens is 372 g/mol. The van der Waals surface area contributed by atoms with Crippen LogP contribution < -0.4 is 15.0 Å². The van der Waals surface area contributed by atoms with Crippen LogP contribution in [0.1, 0.15) is 31.4 Å². The Morgan fingerprint density at radius 3 is 2.48 bits per heavy atom. The maximum atomic E-state index is 12.8. The summed E-state index contributed by atoms with van der Waals surface area (Å²) in [5, 5.41) is 11.6. The van der Waals surface area contributed by atoms with Crippen molar-refractivity contribution in [2.45, 2.75) is 39.2 Å². The van der Waals surface area contributed by atoms with Crippen LogP contribution in [0.4, 0.5) is 11.4 Å². The Balaban J connectivity index is 1.67. The number of ether oxygens (including phenoxy) is 1. The van der Waals surface area contributed by atoms with Crippen molar-refractivity contribution in [3.8, 4) is 5.75 Å². The van der Waals surface area contributed by atoms with E-state index in [2.05, 4.69) is 5.32 Å². The summed E-state index contributed by atoms with van der Waals surface area (Å²) in [6.45, 7) is 5.59. The van der Waals surface area contributed by atoms with E-state index < -0.39 is 11.6 Å². The highest BCUT2D eigenvalue weighted by molar-refractivity contribution is 6.03. The van der Waals surface area contributed by atoms with E-state index in [1.807, 2.05) is 25.1 Å². The number of carbonyl (C=O) groups is 3. The summed E-state index contributed by atoms with van der Waals surface area (Å²) in [6.07, 6.45) is 0.0497. The quantitative estimate of drug-likeness (QED) is 0.782. The number of benzene rings is 2. The second-order valence-electron chi connectivity index (χ2n) is 7.61. The van der Waals surface area contributed by atoms with Crippen molar-refractivity contribution in [1.29, 1.82) is 0 Å². The van der Waals surface area contributed by atoms with Crippen LogP contribution in [0.3, 0.4) is 0 Å². The van der Waals surface area contributed by atoms with Gasteiger partial charge in [-0.1, -0.05) is 18.2 Å². The summed E-state index contributed by atoms with van der Waals surface area (Å²) in [6, 6.07) is 12.3. The Hall–Kier alpha value is -3.35. The minimum absolute atomic E-state index is 0.0675. The van der Waals surface area contributed by atoms with Gasteiger partial charge in [-0.25, -0.2) is 0 Å². The normalized spacial score (nSPS) is 14.7. The molecule has 2 amide bonds. The monoisotopic (exact) mass is 396 g/mol. The van der Waals surface area contributed by atoms with Crippen molar-refractivity contribution in [3.05, 3.63) is 53.6 Å². The van der Waals surface area contributed by atoms with Gasteiger partial charge in [0.1, 0.15) is 5.75 Å². The Morgan fingerprint density at radius 1 is 1.14 bits per heavy atom. The minimum atomic E-state index is -1.00. The highest BCUT2D eigenvalue weighted by atomic mass is 16.5. The summed E-state index contributed by atoms with van der Waals surface area (Å²) in [4.78, 5) is 37.6. The van der Waals surface area contributed by atoms with Gasteiger partial charge in [0.05, 0.1) is 12.1 Å². The molecule has 1 aliphatic heterocycles. The number of nitrogens with zero attached hydrogens (tertiary/aromatic N) is 1. The Bertz CT molecular complexity index is 950. The van der Waals surface area contributed by atoms with Crippen LogP contribution in [0.2, 0.25) is 0 Å². The number of carbonyl (C=O) groups excluding carboxylic acids is 2. The van der Waals surface area contributed by atoms with E-state index in [-0.39, 0.29) is 31.2 Å². The molecule has 0 saturated heterocycles. The molecule has 2 N–H and O–H groups in total. The molecule has 0 bridgehead atoms. The second kappa shape index (κ2) is 7.95. The largest absolute Gasteiger partial charge is 0.481 e. The van der Waals surface area contributed by atoms with Gasteiger partial charge in [0.25, 0.3) is 5.91 Å². The van der Waals surface area contributed by atoms with E-state index in [1.54, 1.807) is 43.0 Å². The summed E-state index contributed by atoms with van der Waals surface area (Å²) in [5.74, 6) is -0.714. The molecule has 3 rings (SSSR count). The predicted octanol–water partition coefficient (Wildman–Crippen LogP) is 3.15. The first kappa shape index (κ1) is 20.4. The average molecular weight is 396 g/mol. The first-order valence-electron chi connectivity index (χ1n) is 9.38. The molecule has 0 atom stereocenters. The van der Waals surface area contributed by atoms with E-state index in [1.165, 1.54) is 0 Å². The van der Waals surface area contributed by atoms with Crippen molar-refractivity contribution >= 4 is 29.2 Å². The predicted molar refractivity (Wildman–Crippen MR) is 109 cm³/mol. The first-order valence-corrected chi connectivity index (χ1v) is 9.38. The zero-order valence-corrected chi connectivity index (χ0v) is 16.7. The summed E-state index contributed by atoms with van der Waals surface area (Å²) >= 11 is 0. The highest BCUT2D eigenvalue weighted by Gasteiger charge is 2.40. The van der Waals surface area contributed by atoms with Crippen molar-refractivity contribution in [2.75, 3.05) is 16.8 Å². The number of aliphatic carboxylic acids is 1. The van der Waals surface area contributed by atoms with Crippen molar-refractivity contribution in [3.63, 3.8) is 0 Å². The lowest BCUT2D eigenvalue weighted by atomic mass is 10.0. The molecule has 1 aliphatic rings. The van der Waals surface area contributed by atoms with Crippen LogP contribution in [0.25, 0.3) is 0 Å². The van der Waals surface area contributed by atoms with Crippen LogP contribution in [0.5, 0.6) is 5.75 Å². The molecule has 2 aromatic carbocycles. The molecule has 0 fully saturated rings. The number of nitrogens with one attached hydrogen (secondary N) is 1. The molecule has 7 heteroatoms. The minimum Gasteiger partial charge on any atom is -0.481 e. The molecule has 29 heavy (non-hydrogen) atoms. The van der Waals surface area contributed by atoms with Crippen LogP contribution in [0, 0.1) is 6.92 Å². The van der Waals surface area contributed by atoms with Gasteiger partial charge >= 0.3 is 5.97 Å². The van der Waals surface area contributed by atoms with E-state index in [0.717, 1.165) is 5.56 Å². The lowest BCUT2D eigenvalue weighted by molar-refractivity contribution is -0.136. The Morgan fingerprint density at radius 2 is 1.83 bits per heavy atom. The maximum Gasteiger partial charge on any atom is 0.307 e. The number of fused-ring (bicyclic) bond motifs is 1.